The van der Waals surface area contributed by atoms with E-state index in [2.05, 4.69) is 18.6 Å². The summed E-state index contributed by atoms with van der Waals surface area (Å²) in [4.78, 5) is 0.353. The molecule has 118 valence electrons. The highest BCUT2D eigenvalue weighted by Gasteiger charge is 2.16. The quantitative estimate of drug-likeness (QED) is 0.909. The maximum absolute atomic E-state index is 12.4. The van der Waals surface area contributed by atoms with E-state index in [0.717, 1.165) is 16.7 Å². The summed E-state index contributed by atoms with van der Waals surface area (Å²) in [6.45, 7) is 8.28. The van der Waals surface area contributed by atoms with E-state index in [4.69, 9.17) is 0 Å². The van der Waals surface area contributed by atoms with Crippen molar-refractivity contribution in [1.82, 2.24) is 4.72 Å². The lowest BCUT2D eigenvalue weighted by Crippen LogP contribution is -2.24. The van der Waals surface area contributed by atoms with Gasteiger partial charge in [-0.25, -0.2) is 13.1 Å². The first kappa shape index (κ1) is 16.7. The normalized spacial score (nSPS) is 11.9. The van der Waals surface area contributed by atoms with E-state index >= 15 is 0 Å². The predicted octanol–water partition coefficient (Wildman–Crippen LogP) is 3.91. The molecule has 0 fully saturated rings. The Hall–Kier alpha value is -1.65. The number of rotatable bonds is 5. The summed E-state index contributed by atoms with van der Waals surface area (Å²) in [5.74, 6) is 0.473. The highest BCUT2D eigenvalue weighted by Crippen LogP contribution is 2.18. The van der Waals surface area contributed by atoms with Crippen LogP contribution >= 0.6 is 0 Å². The zero-order valence-electron chi connectivity index (χ0n) is 13.6. The lowest BCUT2D eigenvalue weighted by molar-refractivity contribution is 0.580. The van der Waals surface area contributed by atoms with Gasteiger partial charge in [0, 0.05) is 6.54 Å². The molecule has 0 radical (unpaired) electrons. The van der Waals surface area contributed by atoms with Crippen LogP contribution in [0.25, 0.3) is 0 Å². The molecule has 0 aliphatic rings. The Morgan fingerprint density at radius 2 is 1.64 bits per heavy atom. The second kappa shape index (κ2) is 6.63. The molecule has 0 spiro atoms. The van der Waals surface area contributed by atoms with Crippen LogP contribution in [0.5, 0.6) is 0 Å². The smallest absolute Gasteiger partial charge is 0.207 e. The van der Waals surface area contributed by atoms with Crippen molar-refractivity contribution < 1.29 is 8.42 Å². The summed E-state index contributed by atoms with van der Waals surface area (Å²) >= 11 is 0. The molecule has 2 aromatic carbocycles. The maximum atomic E-state index is 12.4. The molecule has 0 heterocycles. The fraction of sp³-hybridized carbons (Fsp3) is 0.333. The monoisotopic (exact) mass is 317 g/mol. The molecule has 0 aromatic heterocycles. The molecule has 0 amide bonds. The molecule has 0 atom stereocenters. The molecular formula is C18H23NO2S. The number of hydrogen-bond acceptors (Lipinski definition) is 2. The molecule has 0 aliphatic carbocycles. The van der Waals surface area contributed by atoms with Gasteiger partial charge in [-0.05, 0) is 48.1 Å². The molecule has 1 N–H and O–H groups in total. The van der Waals surface area contributed by atoms with E-state index in [1.165, 1.54) is 5.56 Å². The maximum Gasteiger partial charge on any atom is 0.241 e. The summed E-state index contributed by atoms with van der Waals surface area (Å²) in [5.41, 5.74) is 3.90. The van der Waals surface area contributed by atoms with Gasteiger partial charge in [0.25, 0.3) is 0 Å². The minimum absolute atomic E-state index is 0.300. The first-order valence-corrected chi connectivity index (χ1v) is 8.93. The van der Waals surface area contributed by atoms with Gasteiger partial charge in [0.05, 0.1) is 4.90 Å². The van der Waals surface area contributed by atoms with E-state index in [9.17, 15) is 8.42 Å². The summed E-state index contributed by atoms with van der Waals surface area (Å²) < 4.78 is 27.6. The van der Waals surface area contributed by atoms with Crippen molar-refractivity contribution in [3.8, 4) is 0 Å². The van der Waals surface area contributed by atoms with Gasteiger partial charge in [-0.3, -0.25) is 0 Å². The predicted molar refractivity (Wildman–Crippen MR) is 90.5 cm³/mol. The highest BCUT2D eigenvalue weighted by atomic mass is 32.2. The molecule has 2 rings (SSSR count). The van der Waals surface area contributed by atoms with Gasteiger partial charge in [-0.2, -0.15) is 0 Å². The van der Waals surface area contributed by atoms with Crippen molar-refractivity contribution in [3.63, 3.8) is 0 Å². The van der Waals surface area contributed by atoms with E-state index < -0.39 is 10.0 Å². The summed E-state index contributed by atoms with van der Waals surface area (Å²) in [7, 11) is -3.49. The van der Waals surface area contributed by atoms with Crippen LogP contribution in [-0.4, -0.2) is 8.42 Å². The second-order valence-electron chi connectivity index (χ2n) is 5.99. The highest BCUT2D eigenvalue weighted by molar-refractivity contribution is 7.89. The first-order valence-electron chi connectivity index (χ1n) is 7.45. The van der Waals surface area contributed by atoms with Crippen LogP contribution in [0.2, 0.25) is 0 Å². The zero-order chi connectivity index (χ0) is 16.3. The van der Waals surface area contributed by atoms with E-state index in [0.29, 0.717) is 17.4 Å². The van der Waals surface area contributed by atoms with E-state index in [1.54, 1.807) is 6.07 Å². The van der Waals surface area contributed by atoms with Crippen molar-refractivity contribution in [2.45, 2.75) is 45.1 Å². The van der Waals surface area contributed by atoms with Crippen molar-refractivity contribution in [2.75, 3.05) is 0 Å². The average molecular weight is 317 g/mol. The van der Waals surface area contributed by atoms with E-state index in [1.807, 2.05) is 50.2 Å². The molecular weight excluding hydrogens is 294 g/mol. The molecule has 4 heteroatoms. The van der Waals surface area contributed by atoms with Gasteiger partial charge >= 0.3 is 0 Å². The molecule has 0 aliphatic heterocycles. The molecule has 0 saturated carbocycles. The van der Waals surface area contributed by atoms with Gasteiger partial charge in [0.2, 0.25) is 10.0 Å². The largest absolute Gasteiger partial charge is 0.241 e. The summed E-state index contributed by atoms with van der Waals surface area (Å²) in [5, 5.41) is 0. The van der Waals surface area contributed by atoms with Crippen molar-refractivity contribution in [3.05, 3.63) is 64.7 Å². The minimum Gasteiger partial charge on any atom is -0.207 e. The molecule has 0 bridgehead atoms. The first-order chi connectivity index (χ1) is 10.3. The fourth-order valence-corrected chi connectivity index (χ4v) is 3.62. The third-order valence-corrected chi connectivity index (χ3v) is 5.29. The van der Waals surface area contributed by atoms with Crippen LogP contribution in [0.1, 0.15) is 42.0 Å². The topological polar surface area (TPSA) is 46.2 Å². The SMILES string of the molecule is Cc1ccc(C)c(S(=O)(=O)NCc2ccc(C(C)C)cc2)c1. The van der Waals surface area contributed by atoms with Gasteiger partial charge in [0.1, 0.15) is 0 Å². The Kier molecular flexibility index (Phi) is 5.04. The Morgan fingerprint density at radius 3 is 2.23 bits per heavy atom. The second-order valence-corrected chi connectivity index (χ2v) is 7.73. The molecule has 3 nitrogen and oxygen atoms in total. The third kappa shape index (κ3) is 3.96. The number of aryl methyl sites for hydroxylation is 2. The number of benzene rings is 2. The van der Waals surface area contributed by atoms with Crippen molar-refractivity contribution in [2.24, 2.45) is 0 Å². The fourth-order valence-electron chi connectivity index (χ4n) is 2.27. The third-order valence-electron chi connectivity index (χ3n) is 3.75. The van der Waals surface area contributed by atoms with Crippen LogP contribution in [0.15, 0.2) is 47.4 Å². The summed E-state index contributed by atoms with van der Waals surface area (Å²) in [6.07, 6.45) is 0. The Morgan fingerprint density at radius 1 is 1.00 bits per heavy atom. The van der Waals surface area contributed by atoms with Crippen LogP contribution in [0, 0.1) is 13.8 Å². The number of sulfonamides is 1. The molecule has 0 unspecified atom stereocenters. The van der Waals surface area contributed by atoms with Crippen LogP contribution in [0.4, 0.5) is 0 Å². The molecule has 0 saturated heterocycles. The van der Waals surface area contributed by atoms with Gasteiger partial charge < -0.3 is 0 Å². The molecule has 2 aromatic rings. The van der Waals surface area contributed by atoms with Gasteiger partial charge in [-0.15, -0.1) is 0 Å². The summed E-state index contributed by atoms with van der Waals surface area (Å²) in [6, 6.07) is 13.5. The van der Waals surface area contributed by atoms with Crippen LogP contribution in [-0.2, 0) is 16.6 Å². The molecule has 22 heavy (non-hydrogen) atoms. The van der Waals surface area contributed by atoms with Crippen molar-refractivity contribution >= 4 is 10.0 Å². The lowest BCUT2D eigenvalue weighted by Gasteiger charge is -2.11. The van der Waals surface area contributed by atoms with Crippen molar-refractivity contribution in [1.29, 1.82) is 0 Å². The Bertz CT molecular complexity index is 747. The van der Waals surface area contributed by atoms with Crippen LogP contribution < -0.4 is 4.72 Å². The average Bonchev–Trinajstić information content (AvgIpc) is 2.48. The van der Waals surface area contributed by atoms with Crippen LogP contribution in [0.3, 0.4) is 0 Å². The minimum atomic E-state index is -3.49. The number of hydrogen-bond donors (Lipinski definition) is 1. The number of nitrogens with one attached hydrogen (secondary N) is 1. The van der Waals surface area contributed by atoms with Gasteiger partial charge in [-0.1, -0.05) is 50.2 Å². The standard InChI is InChI=1S/C18H23NO2S/c1-13(2)17-9-7-16(8-10-17)12-19-22(20,21)18-11-14(3)5-6-15(18)4/h5-11,13,19H,12H2,1-4H3. The van der Waals surface area contributed by atoms with E-state index in [-0.39, 0.29) is 0 Å². The Balaban J connectivity index is 2.14. The Labute approximate surface area is 133 Å². The lowest BCUT2D eigenvalue weighted by atomic mass is 10.0. The van der Waals surface area contributed by atoms with Gasteiger partial charge in [0.15, 0.2) is 0 Å². The zero-order valence-corrected chi connectivity index (χ0v) is 14.4.